The minimum absolute atomic E-state index is 0.161. The number of rotatable bonds is 2. The van der Waals surface area contributed by atoms with E-state index in [-0.39, 0.29) is 5.91 Å². The minimum atomic E-state index is -0.161. The largest absolute Gasteiger partial charge is 0.384 e. The molecule has 0 aliphatic carbocycles. The van der Waals surface area contributed by atoms with Crippen LogP contribution in [0.1, 0.15) is 15.2 Å². The summed E-state index contributed by atoms with van der Waals surface area (Å²) in [6, 6.07) is 5.88. The van der Waals surface area contributed by atoms with Gasteiger partial charge in [0.1, 0.15) is 4.88 Å². The maximum Gasteiger partial charge on any atom is 0.269 e. The summed E-state index contributed by atoms with van der Waals surface area (Å²) in [6.07, 6.45) is 2.47. The number of carbonyl (C=O) groups excluding carboxylic acids is 1. The van der Waals surface area contributed by atoms with Crippen molar-refractivity contribution in [3.63, 3.8) is 0 Å². The number of hydrogen-bond acceptors (Lipinski definition) is 5. The van der Waals surface area contributed by atoms with E-state index in [1.54, 1.807) is 0 Å². The zero-order chi connectivity index (χ0) is 11.7. The van der Waals surface area contributed by atoms with Crippen molar-refractivity contribution in [2.75, 3.05) is 17.2 Å². The molecule has 1 aliphatic heterocycles. The van der Waals surface area contributed by atoms with Gasteiger partial charge in [0.2, 0.25) is 0 Å². The van der Waals surface area contributed by atoms with Crippen molar-refractivity contribution >= 4 is 28.8 Å². The molecule has 6 heteroatoms. The average Bonchev–Trinajstić information content (AvgIpc) is 2.99. The fourth-order valence-electron chi connectivity index (χ4n) is 1.84. The Bertz CT molecular complexity index is 553. The second-order valence-electron chi connectivity index (χ2n) is 3.78. The molecule has 17 heavy (non-hydrogen) atoms. The monoisotopic (exact) mass is 246 g/mol. The van der Waals surface area contributed by atoms with Crippen molar-refractivity contribution < 1.29 is 4.79 Å². The minimum Gasteiger partial charge on any atom is -0.384 e. The molecule has 1 aliphatic rings. The van der Waals surface area contributed by atoms with Crippen molar-refractivity contribution in [3.05, 3.63) is 34.8 Å². The lowest BCUT2D eigenvalue weighted by molar-refractivity contribution is 0.103. The lowest BCUT2D eigenvalue weighted by atomic mass is 10.1. The number of hydrogen-bond donors (Lipinski definition) is 2. The first-order chi connectivity index (χ1) is 8.33. The third kappa shape index (κ3) is 1.99. The average molecular weight is 246 g/mol. The van der Waals surface area contributed by atoms with Gasteiger partial charge in [-0.3, -0.25) is 4.79 Å². The molecule has 2 heterocycles. The summed E-state index contributed by atoms with van der Waals surface area (Å²) in [5, 5.41) is 9.76. The van der Waals surface area contributed by atoms with E-state index < -0.39 is 0 Å². The molecular formula is C11H10N4OS. The summed E-state index contributed by atoms with van der Waals surface area (Å²) in [5.41, 5.74) is 3.21. The van der Waals surface area contributed by atoms with Crippen LogP contribution in [0.4, 0.5) is 11.4 Å². The van der Waals surface area contributed by atoms with Crippen LogP contribution >= 0.6 is 11.5 Å². The summed E-state index contributed by atoms with van der Waals surface area (Å²) in [6.45, 7) is 0.964. The Morgan fingerprint density at radius 1 is 1.47 bits per heavy atom. The van der Waals surface area contributed by atoms with Crippen LogP contribution in [-0.4, -0.2) is 22.0 Å². The number of nitrogens with zero attached hydrogens (tertiary/aromatic N) is 2. The Morgan fingerprint density at radius 2 is 2.41 bits per heavy atom. The number of aromatic nitrogens is 2. The fraction of sp³-hybridized carbons (Fsp3) is 0.182. The number of carbonyl (C=O) groups is 1. The predicted octanol–water partition coefficient (Wildman–Crippen LogP) is 1.76. The lowest BCUT2D eigenvalue weighted by Crippen LogP contribution is -2.10. The molecule has 1 aromatic heterocycles. The molecular weight excluding hydrogens is 236 g/mol. The molecule has 0 unspecified atom stereocenters. The number of anilines is 2. The van der Waals surface area contributed by atoms with Gasteiger partial charge in [0.05, 0.1) is 6.20 Å². The summed E-state index contributed by atoms with van der Waals surface area (Å²) in [5.74, 6) is -0.161. The molecule has 1 aromatic carbocycles. The van der Waals surface area contributed by atoms with Gasteiger partial charge in [-0.15, -0.1) is 5.10 Å². The fourth-order valence-corrected chi connectivity index (χ4v) is 2.25. The summed E-state index contributed by atoms with van der Waals surface area (Å²) in [4.78, 5) is 12.3. The highest BCUT2D eigenvalue weighted by molar-refractivity contribution is 7.07. The molecule has 2 aromatic rings. The third-order valence-corrected chi connectivity index (χ3v) is 3.32. The van der Waals surface area contributed by atoms with E-state index >= 15 is 0 Å². The molecule has 1 amide bonds. The number of amides is 1. The molecule has 0 bridgehead atoms. The number of fused-ring (bicyclic) bond motifs is 1. The van der Waals surface area contributed by atoms with Crippen LogP contribution in [0.2, 0.25) is 0 Å². The zero-order valence-electron chi connectivity index (χ0n) is 8.93. The Hall–Kier alpha value is -1.95. The summed E-state index contributed by atoms with van der Waals surface area (Å²) in [7, 11) is 0. The molecule has 5 nitrogen and oxygen atoms in total. The van der Waals surface area contributed by atoms with Gasteiger partial charge < -0.3 is 10.6 Å². The van der Waals surface area contributed by atoms with Gasteiger partial charge in [-0.25, -0.2) is 0 Å². The highest BCUT2D eigenvalue weighted by Crippen LogP contribution is 2.25. The summed E-state index contributed by atoms with van der Waals surface area (Å²) >= 11 is 1.09. The Kier molecular flexibility index (Phi) is 2.49. The van der Waals surface area contributed by atoms with Crippen molar-refractivity contribution in [2.24, 2.45) is 0 Å². The highest BCUT2D eigenvalue weighted by atomic mass is 32.1. The van der Waals surface area contributed by atoms with E-state index in [9.17, 15) is 4.79 Å². The molecule has 0 spiro atoms. The van der Waals surface area contributed by atoms with Crippen molar-refractivity contribution in [2.45, 2.75) is 6.42 Å². The van der Waals surface area contributed by atoms with Crippen molar-refractivity contribution in [3.8, 4) is 0 Å². The lowest BCUT2D eigenvalue weighted by Gasteiger charge is -2.05. The molecule has 2 N–H and O–H groups in total. The van der Waals surface area contributed by atoms with E-state index in [0.717, 1.165) is 35.9 Å². The predicted molar refractivity (Wildman–Crippen MR) is 66.5 cm³/mol. The SMILES string of the molecule is O=C(Nc1ccc2c(c1)CCN2)c1cnns1. The molecule has 0 atom stereocenters. The second-order valence-corrected chi connectivity index (χ2v) is 4.57. The van der Waals surface area contributed by atoms with Gasteiger partial charge in [0, 0.05) is 17.9 Å². The molecule has 0 saturated heterocycles. The Balaban J connectivity index is 1.80. The molecule has 0 fully saturated rings. The standard InChI is InChI=1S/C11H10N4OS/c16-11(10-6-13-15-17-10)14-8-1-2-9-7(5-8)3-4-12-9/h1-2,5-6,12H,3-4H2,(H,14,16). The van der Waals surface area contributed by atoms with E-state index in [1.807, 2.05) is 18.2 Å². The molecule has 0 radical (unpaired) electrons. The molecule has 3 rings (SSSR count). The third-order valence-electron chi connectivity index (χ3n) is 2.66. The number of benzene rings is 1. The zero-order valence-corrected chi connectivity index (χ0v) is 9.75. The van der Waals surface area contributed by atoms with Gasteiger partial charge in [0.25, 0.3) is 5.91 Å². The van der Waals surface area contributed by atoms with Gasteiger partial charge in [-0.05, 0) is 41.7 Å². The van der Waals surface area contributed by atoms with E-state index in [0.29, 0.717) is 4.88 Å². The molecule has 86 valence electrons. The Morgan fingerprint density at radius 3 is 3.24 bits per heavy atom. The van der Waals surface area contributed by atoms with Gasteiger partial charge in [-0.1, -0.05) is 4.49 Å². The van der Waals surface area contributed by atoms with Crippen molar-refractivity contribution in [1.29, 1.82) is 0 Å². The Labute approximate surface area is 102 Å². The topological polar surface area (TPSA) is 66.9 Å². The maximum atomic E-state index is 11.8. The second kappa shape index (κ2) is 4.14. The first-order valence-corrected chi connectivity index (χ1v) is 6.06. The van der Waals surface area contributed by atoms with Crippen LogP contribution in [0.3, 0.4) is 0 Å². The van der Waals surface area contributed by atoms with Gasteiger partial charge >= 0.3 is 0 Å². The van der Waals surface area contributed by atoms with Crippen molar-refractivity contribution in [1.82, 2.24) is 9.59 Å². The van der Waals surface area contributed by atoms with Gasteiger partial charge in [0.15, 0.2) is 0 Å². The smallest absolute Gasteiger partial charge is 0.269 e. The van der Waals surface area contributed by atoms with Crippen LogP contribution in [0.25, 0.3) is 0 Å². The van der Waals surface area contributed by atoms with Crippen LogP contribution < -0.4 is 10.6 Å². The summed E-state index contributed by atoms with van der Waals surface area (Å²) < 4.78 is 3.66. The quantitative estimate of drug-likeness (QED) is 0.847. The van der Waals surface area contributed by atoms with Crippen LogP contribution in [-0.2, 0) is 6.42 Å². The molecule has 0 saturated carbocycles. The first kappa shape index (κ1) is 10.2. The number of nitrogens with one attached hydrogen (secondary N) is 2. The van der Waals surface area contributed by atoms with Crippen LogP contribution in [0, 0.1) is 0 Å². The van der Waals surface area contributed by atoms with Gasteiger partial charge in [-0.2, -0.15) is 0 Å². The van der Waals surface area contributed by atoms with Crippen LogP contribution in [0.15, 0.2) is 24.4 Å². The van der Waals surface area contributed by atoms with Crippen LogP contribution in [0.5, 0.6) is 0 Å². The maximum absolute atomic E-state index is 11.8. The van der Waals surface area contributed by atoms with E-state index in [2.05, 4.69) is 20.2 Å². The normalized spacial score (nSPS) is 12.9. The highest BCUT2D eigenvalue weighted by Gasteiger charge is 2.12. The first-order valence-electron chi connectivity index (χ1n) is 5.28. The van der Waals surface area contributed by atoms with E-state index in [1.165, 1.54) is 11.8 Å². The van der Waals surface area contributed by atoms with E-state index in [4.69, 9.17) is 0 Å².